The van der Waals surface area contributed by atoms with Crippen molar-refractivity contribution in [2.45, 2.75) is 13.0 Å². The number of amides is 1. The summed E-state index contributed by atoms with van der Waals surface area (Å²) in [6.45, 7) is 1.71. The molecular weight excluding hydrogens is 228 g/mol. The summed E-state index contributed by atoms with van der Waals surface area (Å²) in [4.78, 5) is 11.7. The lowest BCUT2D eigenvalue weighted by Crippen LogP contribution is -2.26. The molecule has 0 bridgehead atoms. The number of carbonyl (C=O) groups is 1. The Morgan fingerprint density at radius 2 is 2.00 bits per heavy atom. The molecule has 4 nitrogen and oxygen atoms in total. The molecule has 1 atom stereocenters. The van der Waals surface area contributed by atoms with Gasteiger partial charge in [-0.3, -0.25) is 4.79 Å². The van der Waals surface area contributed by atoms with Crippen LogP contribution in [-0.2, 0) is 9.53 Å². The van der Waals surface area contributed by atoms with Gasteiger partial charge in [-0.25, -0.2) is 0 Å². The maximum absolute atomic E-state index is 11.7. The van der Waals surface area contributed by atoms with E-state index in [0.717, 1.165) is 11.4 Å². The number of benzene rings is 1. The molecule has 94 valence electrons. The largest absolute Gasteiger partial charge is 0.372 e. The zero-order valence-electron chi connectivity index (χ0n) is 10.5. The van der Waals surface area contributed by atoms with Gasteiger partial charge in [-0.05, 0) is 37.3 Å². The molecule has 2 aromatic rings. The Bertz CT molecular complexity index is 520. The molecule has 1 N–H and O–H groups in total. The number of nitrogens with zero attached hydrogens (tertiary/aromatic N) is 1. The van der Waals surface area contributed by atoms with Gasteiger partial charge in [0, 0.05) is 30.9 Å². The van der Waals surface area contributed by atoms with Crippen molar-refractivity contribution in [1.82, 2.24) is 4.57 Å². The fourth-order valence-electron chi connectivity index (χ4n) is 1.60. The second-order valence-electron chi connectivity index (χ2n) is 4.01. The van der Waals surface area contributed by atoms with Crippen molar-refractivity contribution < 1.29 is 9.53 Å². The van der Waals surface area contributed by atoms with Gasteiger partial charge in [-0.1, -0.05) is 6.07 Å². The molecule has 0 unspecified atom stereocenters. The molecule has 0 fully saturated rings. The molecule has 0 aliphatic carbocycles. The Kier molecular flexibility index (Phi) is 3.79. The van der Waals surface area contributed by atoms with E-state index in [0.29, 0.717) is 0 Å². The number of carbonyl (C=O) groups excluding carboxylic acids is 1. The van der Waals surface area contributed by atoms with E-state index in [1.165, 1.54) is 7.11 Å². The minimum absolute atomic E-state index is 0.151. The second kappa shape index (κ2) is 5.51. The van der Waals surface area contributed by atoms with E-state index in [9.17, 15) is 4.79 Å². The van der Waals surface area contributed by atoms with E-state index in [-0.39, 0.29) is 5.91 Å². The van der Waals surface area contributed by atoms with E-state index in [1.807, 2.05) is 53.4 Å². The Balaban J connectivity index is 2.16. The number of hydrogen-bond donors (Lipinski definition) is 1. The van der Waals surface area contributed by atoms with Gasteiger partial charge in [-0.2, -0.15) is 0 Å². The third-order valence-corrected chi connectivity index (χ3v) is 2.74. The Morgan fingerprint density at radius 1 is 1.28 bits per heavy atom. The van der Waals surface area contributed by atoms with Crippen molar-refractivity contribution >= 4 is 11.6 Å². The number of rotatable bonds is 4. The van der Waals surface area contributed by atoms with Crippen LogP contribution in [0.15, 0.2) is 48.8 Å². The number of anilines is 1. The molecule has 1 heterocycles. The summed E-state index contributed by atoms with van der Waals surface area (Å²) in [5, 5.41) is 2.82. The number of methoxy groups -OCH3 is 1. The van der Waals surface area contributed by atoms with E-state index >= 15 is 0 Å². The lowest BCUT2D eigenvalue weighted by atomic mass is 10.2. The van der Waals surface area contributed by atoms with E-state index < -0.39 is 6.10 Å². The van der Waals surface area contributed by atoms with Gasteiger partial charge in [0.1, 0.15) is 6.10 Å². The fourth-order valence-corrected chi connectivity index (χ4v) is 1.60. The highest BCUT2D eigenvalue weighted by Gasteiger charge is 2.11. The molecule has 18 heavy (non-hydrogen) atoms. The topological polar surface area (TPSA) is 43.3 Å². The molecular formula is C14H16N2O2. The molecule has 1 aromatic carbocycles. The highest BCUT2D eigenvalue weighted by atomic mass is 16.5. The van der Waals surface area contributed by atoms with Crippen LogP contribution in [0.5, 0.6) is 0 Å². The monoisotopic (exact) mass is 244 g/mol. The molecule has 1 amide bonds. The summed E-state index contributed by atoms with van der Waals surface area (Å²) >= 11 is 0. The van der Waals surface area contributed by atoms with Gasteiger partial charge in [0.25, 0.3) is 5.91 Å². The minimum Gasteiger partial charge on any atom is -0.372 e. The lowest BCUT2D eigenvalue weighted by Gasteiger charge is -2.11. The summed E-state index contributed by atoms with van der Waals surface area (Å²) < 4.78 is 6.95. The van der Waals surface area contributed by atoms with Crippen LogP contribution in [0, 0.1) is 0 Å². The van der Waals surface area contributed by atoms with E-state index in [4.69, 9.17) is 4.74 Å². The van der Waals surface area contributed by atoms with E-state index in [1.54, 1.807) is 6.92 Å². The fraction of sp³-hybridized carbons (Fsp3) is 0.214. The first-order chi connectivity index (χ1) is 8.70. The van der Waals surface area contributed by atoms with Gasteiger partial charge < -0.3 is 14.6 Å². The first-order valence-electron chi connectivity index (χ1n) is 5.78. The average molecular weight is 244 g/mol. The van der Waals surface area contributed by atoms with Gasteiger partial charge in [-0.15, -0.1) is 0 Å². The zero-order valence-corrected chi connectivity index (χ0v) is 10.5. The molecule has 0 aliphatic rings. The van der Waals surface area contributed by atoms with Crippen molar-refractivity contribution in [3.05, 3.63) is 48.8 Å². The highest BCUT2D eigenvalue weighted by molar-refractivity contribution is 5.94. The van der Waals surface area contributed by atoms with Crippen molar-refractivity contribution in [1.29, 1.82) is 0 Å². The summed E-state index contributed by atoms with van der Waals surface area (Å²) in [6.07, 6.45) is 3.46. The Labute approximate surface area is 106 Å². The zero-order chi connectivity index (χ0) is 13.0. The molecule has 0 aliphatic heterocycles. The molecule has 0 saturated carbocycles. The average Bonchev–Trinajstić information content (AvgIpc) is 2.92. The normalized spacial score (nSPS) is 12.1. The van der Waals surface area contributed by atoms with Crippen LogP contribution in [0.2, 0.25) is 0 Å². The SMILES string of the molecule is CO[C@@H](C)C(=O)Nc1cccc(-n2cccc2)c1. The summed E-state index contributed by atoms with van der Waals surface area (Å²) in [5.41, 5.74) is 1.76. The summed E-state index contributed by atoms with van der Waals surface area (Å²) in [6, 6.07) is 11.6. The van der Waals surface area contributed by atoms with Crippen molar-refractivity contribution in [2.75, 3.05) is 12.4 Å². The Hall–Kier alpha value is -2.07. The van der Waals surface area contributed by atoms with E-state index in [2.05, 4.69) is 5.32 Å². The molecule has 0 radical (unpaired) electrons. The maximum atomic E-state index is 11.7. The van der Waals surface area contributed by atoms with Crippen molar-refractivity contribution in [3.8, 4) is 5.69 Å². The minimum atomic E-state index is -0.458. The maximum Gasteiger partial charge on any atom is 0.253 e. The van der Waals surface area contributed by atoms with Crippen LogP contribution < -0.4 is 5.32 Å². The third-order valence-electron chi connectivity index (χ3n) is 2.74. The molecule has 4 heteroatoms. The standard InChI is InChI=1S/C14H16N2O2/c1-11(18-2)14(17)15-12-6-5-7-13(10-12)16-8-3-4-9-16/h3-11H,1-2H3,(H,15,17)/t11-/m0/s1. The molecule has 0 saturated heterocycles. The van der Waals surface area contributed by atoms with Crippen molar-refractivity contribution in [2.24, 2.45) is 0 Å². The Morgan fingerprint density at radius 3 is 2.67 bits per heavy atom. The van der Waals surface area contributed by atoms with Crippen LogP contribution in [0.3, 0.4) is 0 Å². The van der Waals surface area contributed by atoms with Gasteiger partial charge in [0.2, 0.25) is 0 Å². The summed E-state index contributed by atoms with van der Waals surface area (Å²) in [5.74, 6) is -0.151. The van der Waals surface area contributed by atoms with Crippen LogP contribution in [-0.4, -0.2) is 23.7 Å². The molecule has 0 spiro atoms. The lowest BCUT2D eigenvalue weighted by molar-refractivity contribution is -0.124. The number of aromatic nitrogens is 1. The second-order valence-corrected chi connectivity index (χ2v) is 4.01. The van der Waals surface area contributed by atoms with Crippen LogP contribution in [0.25, 0.3) is 5.69 Å². The predicted molar refractivity (Wildman–Crippen MR) is 70.9 cm³/mol. The van der Waals surface area contributed by atoms with Gasteiger partial charge >= 0.3 is 0 Å². The van der Waals surface area contributed by atoms with Crippen LogP contribution in [0.1, 0.15) is 6.92 Å². The molecule has 2 rings (SSSR count). The quantitative estimate of drug-likeness (QED) is 0.897. The van der Waals surface area contributed by atoms with Gasteiger partial charge in [0.05, 0.1) is 0 Å². The highest BCUT2D eigenvalue weighted by Crippen LogP contribution is 2.15. The number of nitrogens with one attached hydrogen (secondary N) is 1. The summed E-state index contributed by atoms with van der Waals surface area (Å²) in [7, 11) is 1.51. The molecule has 1 aromatic heterocycles. The van der Waals surface area contributed by atoms with Crippen LogP contribution in [0.4, 0.5) is 5.69 Å². The predicted octanol–water partition coefficient (Wildman–Crippen LogP) is 2.45. The van der Waals surface area contributed by atoms with Crippen LogP contribution >= 0.6 is 0 Å². The number of ether oxygens (including phenoxy) is 1. The smallest absolute Gasteiger partial charge is 0.253 e. The first-order valence-corrected chi connectivity index (χ1v) is 5.78. The van der Waals surface area contributed by atoms with Crippen molar-refractivity contribution in [3.63, 3.8) is 0 Å². The van der Waals surface area contributed by atoms with Gasteiger partial charge in [0.15, 0.2) is 0 Å². The number of hydrogen-bond acceptors (Lipinski definition) is 2. The third kappa shape index (κ3) is 2.78. The first kappa shape index (κ1) is 12.4.